The molecule has 0 amide bonds. The lowest BCUT2D eigenvalue weighted by Crippen LogP contribution is -2.29. The maximum atomic E-state index is 9.60. The fourth-order valence-corrected chi connectivity index (χ4v) is 6.09. The van der Waals surface area contributed by atoms with Crippen molar-refractivity contribution in [2.45, 2.75) is 62.3 Å². The molecule has 0 aromatic carbocycles. The summed E-state index contributed by atoms with van der Waals surface area (Å²) in [6.45, 7) is 0. The number of thioether (sulfide) groups is 1. The molecule has 4 atom stereocenters. The summed E-state index contributed by atoms with van der Waals surface area (Å²) in [7, 11) is 0. The molecular weight excluding hydrogens is 280 g/mol. The van der Waals surface area contributed by atoms with Gasteiger partial charge in [-0.2, -0.15) is 0 Å². The Bertz CT molecular complexity index is 479. The second-order valence-electron chi connectivity index (χ2n) is 6.95. The van der Waals surface area contributed by atoms with Gasteiger partial charge in [-0.15, -0.1) is 11.8 Å². The molecule has 2 aliphatic carbocycles. The highest BCUT2D eigenvalue weighted by Crippen LogP contribution is 2.51. The van der Waals surface area contributed by atoms with E-state index in [-0.39, 0.29) is 6.10 Å². The van der Waals surface area contributed by atoms with E-state index >= 15 is 0 Å². The molecule has 2 saturated carbocycles. The Morgan fingerprint density at radius 1 is 1.10 bits per heavy atom. The lowest BCUT2D eigenvalue weighted by atomic mass is 9.83. The number of hydrogen-bond donors (Lipinski definition) is 1. The molecule has 4 heteroatoms. The lowest BCUT2D eigenvalue weighted by Gasteiger charge is -2.26. The van der Waals surface area contributed by atoms with Gasteiger partial charge in [0.25, 0.3) is 0 Å². The standard InChI is InChI=1S/C17H24N2OS/c20-12-7-4-11(5-8-12)6-9-14-16-13-2-1-3-15(13)21-17(16)19-10-18-14/h6,9-16,20H,1-5,7-8H2. The van der Waals surface area contributed by atoms with Crippen LogP contribution in [0.3, 0.4) is 0 Å². The number of fused-ring (bicyclic) bond motifs is 3. The van der Waals surface area contributed by atoms with Crippen molar-refractivity contribution in [1.29, 1.82) is 0 Å². The molecule has 4 aliphatic rings. The van der Waals surface area contributed by atoms with Crippen LogP contribution in [-0.4, -0.2) is 33.9 Å². The Balaban J connectivity index is 1.45. The van der Waals surface area contributed by atoms with Crippen molar-refractivity contribution in [2.75, 3.05) is 0 Å². The molecule has 0 spiro atoms. The third-order valence-corrected chi connectivity index (χ3v) is 7.14. The van der Waals surface area contributed by atoms with E-state index in [0.29, 0.717) is 17.9 Å². The molecule has 0 bridgehead atoms. The van der Waals surface area contributed by atoms with E-state index in [0.717, 1.165) is 36.9 Å². The molecule has 0 aromatic rings. The van der Waals surface area contributed by atoms with E-state index in [2.05, 4.69) is 22.1 Å². The molecule has 114 valence electrons. The van der Waals surface area contributed by atoms with E-state index in [1.165, 1.54) is 24.3 Å². The number of allylic oxidation sites excluding steroid dienone is 1. The van der Waals surface area contributed by atoms with Gasteiger partial charge in [0.15, 0.2) is 0 Å². The van der Waals surface area contributed by atoms with Gasteiger partial charge < -0.3 is 5.11 Å². The minimum Gasteiger partial charge on any atom is -0.393 e. The number of aliphatic hydroxyl groups is 1. The van der Waals surface area contributed by atoms with Gasteiger partial charge in [0, 0.05) is 11.2 Å². The number of rotatable bonds is 2. The third kappa shape index (κ3) is 2.72. The highest BCUT2D eigenvalue weighted by molar-refractivity contribution is 8.15. The molecule has 3 nitrogen and oxygen atoms in total. The number of hydrogen-bond acceptors (Lipinski definition) is 4. The predicted molar refractivity (Wildman–Crippen MR) is 89.0 cm³/mol. The van der Waals surface area contributed by atoms with E-state index < -0.39 is 0 Å². The van der Waals surface area contributed by atoms with E-state index in [1.54, 1.807) is 6.34 Å². The van der Waals surface area contributed by atoms with Crippen LogP contribution in [0.15, 0.2) is 22.1 Å². The molecule has 21 heavy (non-hydrogen) atoms. The first kappa shape index (κ1) is 14.0. The van der Waals surface area contributed by atoms with Gasteiger partial charge in [-0.1, -0.05) is 18.6 Å². The summed E-state index contributed by atoms with van der Waals surface area (Å²) >= 11 is 2.02. The molecule has 0 radical (unpaired) electrons. The van der Waals surface area contributed by atoms with E-state index in [4.69, 9.17) is 0 Å². The number of nitrogens with zero attached hydrogens (tertiary/aromatic N) is 2. The smallest absolute Gasteiger partial charge is 0.111 e. The molecule has 1 N–H and O–H groups in total. The zero-order chi connectivity index (χ0) is 14.2. The second kappa shape index (κ2) is 5.88. The maximum absolute atomic E-state index is 9.60. The van der Waals surface area contributed by atoms with Gasteiger partial charge in [-0.25, -0.2) is 4.99 Å². The van der Waals surface area contributed by atoms with E-state index in [1.807, 2.05) is 11.8 Å². The first-order valence-corrected chi connectivity index (χ1v) is 9.31. The fourth-order valence-electron chi connectivity index (χ4n) is 4.44. The topological polar surface area (TPSA) is 45.0 Å². The summed E-state index contributed by atoms with van der Waals surface area (Å²) in [5.74, 6) is 1.99. The molecular formula is C17H24N2OS. The third-order valence-electron chi connectivity index (χ3n) is 5.64. The average Bonchev–Trinajstić information content (AvgIpc) is 3.07. The summed E-state index contributed by atoms with van der Waals surface area (Å²) in [6, 6.07) is 0.310. The summed E-state index contributed by atoms with van der Waals surface area (Å²) in [5.41, 5.74) is 0. The Labute approximate surface area is 131 Å². The van der Waals surface area contributed by atoms with Gasteiger partial charge in [-0.05, 0) is 50.4 Å². The fraction of sp³-hybridized carbons (Fsp3) is 0.765. The van der Waals surface area contributed by atoms with Gasteiger partial charge >= 0.3 is 0 Å². The number of aliphatic hydroxyl groups excluding tert-OH is 1. The van der Waals surface area contributed by atoms with E-state index in [9.17, 15) is 5.11 Å². The summed E-state index contributed by atoms with van der Waals surface area (Å²) < 4.78 is 0. The van der Waals surface area contributed by atoms with Crippen LogP contribution in [0.4, 0.5) is 0 Å². The number of aliphatic imine (C=N–C) groups is 2. The second-order valence-corrected chi connectivity index (χ2v) is 8.21. The van der Waals surface area contributed by atoms with Crippen LogP contribution in [0.5, 0.6) is 0 Å². The Hall–Kier alpha value is -0.610. The van der Waals surface area contributed by atoms with Crippen LogP contribution in [0, 0.1) is 17.8 Å². The highest BCUT2D eigenvalue weighted by Gasteiger charge is 2.47. The minimum atomic E-state index is -0.0634. The normalized spacial score (nSPS) is 45.7. The van der Waals surface area contributed by atoms with Gasteiger partial charge in [-0.3, -0.25) is 4.99 Å². The molecule has 2 heterocycles. The molecule has 1 saturated heterocycles. The summed E-state index contributed by atoms with van der Waals surface area (Å²) in [6.07, 6.45) is 14.7. The Kier molecular flexibility index (Phi) is 3.92. The van der Waals surface area contributed by atoms with Crippen molar-refractivity contribution in [2.24, 2.45) is 27.7 Å². The van der Waals surface area contributed by atoms with Gasteiger partial charge in [0.05, 0.1) is 17.2 Å². The summed E-state index contributed by atoms with van der Waals surface area (Å²) in [4.78, 5) is 9.22. The highest BCUT2D eigenvalue weighted by atomic mass is 32.2. The first-order chi connectivity index (χ1) is 10.3. The zero-order valence-corrected chi connectivity index (χ0v) is 13.2. The largest absolute Gasteiger partial charge is 0.393 e. The van der Waals surface area contributed by atoms with Crippen molar-refractivity contribution in [3.8, 4) is 0 Å². The Morgan fingerprint density at radius 2 is 1.95 bits per heavy atom. The summed E-state index contributed by atoms with van der Waals surface area (Å²) in [5, 5.41) is 11.7. The Morgan fingerprint density at radius 3 is 2.81 bits per heavy atom. The van der Waals surface area contributed by atoms with Crippen molar-refractivity contribution >= 4 is 23.1 Å². The van der Waals surface area contributed by atoms with Crippen molar-refractivity contribution in [3.05, 3.63) is 12.2 Å². The van der Waals surface area contributed by atoms with Crippen molar-refractivity contribution in [3.63, 3.8) is 0 Å². The average molecular weight is 304 g/mol. The van der Waals surface area contributed by atoms with Crippen LogP contribution in [0.1, 0.15) is 44.9 Å². The van der Waals surface area contributed by atoms with Crippen molar-refractivity contribution in [1.82, 2.24) is 0 Å². The zero-order valence-electron chi connectivity index (χ0n) is 12.4. The maximum Gasteiger partial charge on any atom is 0.111 e. The quantitative estimate of drug-likeness (QED) is 0.794. The van der Waals surface area contributed by atoms with Crippen molar-refractivity contribution < 1.29 is 5.11 Å². The first-order valence-electron chi connectivity index (χ1n) is 8.43. The molecule has 0 aromatic heterocycles. The van der Waals surface area contributed by atoms with Crippen LogP contribution < -0.4 is 0 Å². The predicted octanol–water partition coefficient (Wildman–Crippen LogP) is 3.43. The monoisotopic (exact) mass is 304 g/mol. The molecule has 3 fully saturated rings. The SMILES string of the molecule is OC1CCC(C=CC2N=CN=C3SC4CCCC4C32)CC1. The molecule has 4 rings (SSSR count). The molecule has 4 unspecified atom stereocenters. The van der Waals surface area contributed by atoms with Crippen LogP contribution >= 0.6 is 11.8 Å². The minimum absolute atomic E-state index is 0.0634. The van der Waals surface area contributed by atoms with Crippen LogP contribution in [0.2, 0.25) is 0 Å². The van der Waals surface area contributed by atoms with Crippen LogP contribution in [0.25, 0.3) is 0 Å². The molecule has 2 aliphatic heterocycles. The van der Waals surface area contributed by atoms with Gasteiger partial charge in [0.2, 0.25) is 0 Å². The van der Waals surface area contributed by atoms with Gasteiger partial charge in [0.1, 0.15) is 6.34 Å². The lowest BCUT2D eigenvalue weighted by molar-refractivity contribution is 0.118. The van der Waals surface area contributed by atoms with Crippen LogP contribution in [-0.2, 0) is 0 Å².